The van der Waals surface area contributed by atoms with Crippen LogP contribution in [0.1, 0.15) is 33.1 Å². The average molecular weight is 227 g/mol. The van der Waals surface area contributed by atoms with Gasteiger partial charge in [0.2, 0.25) is 0 Å². The van der Waals surface area contributed by atoms with Gasteiger partial charge < -0.3 is 15.1 Å². The first-order valence-electron chi connectivity index (χ1n) is 6.88. The van der Waals surface area contributed by atoms with E-state index in [2.05, 4.69) is 36.0 Å². The minimum atomic E-state index is 0.678. The van der Waals surface area contributed by atoms with Crippen molar-refractivity contribution in [2.24, 2.45) is 0 Å². The summed E-state index contributed by atoms with van der Waals surface area (Å²) in [5.41, 5.74) is 0. The highest BCUT2D eigenvalue weighted by atomic mass is 15.3. The van der Waals surface area contributed by atoms with Crippen LogP contribution < -0.4 is 5.32 Å². The molecule has 3 nitrogen and oxygen atoms in total. The Kier molecular flexibility index (Phi) is 7.01. The van der Waals surface area contributed by atoms with Crippen molar-refractivity contribution in [1.82, 2.24) is 15.1 Å². The highest BCUT2D eigenvalue weighted by molar-refractivity contribution is 4.71. The van der Waals surface area contributed by atoms with Gasteiger partial charge in [-0.1, -0.05) is 13.3 Å². The Balaban J connectivity index is 1.98. The molecular weight excluding hydrogens is 198 g/mol. The second kappa shape index (κ2) is 8.04. The molecule has 0 aromatic rings. The van der Waals surface area contributed by atoms with Crippen LogP contribution in [0.25, 0.3) is 0 Å². The third kappa shape index (κ3) is 5.28. The summed E-state index contributed by atoms with van der Waals surface area (Å²) in [6.07, 6.45) is 4.03. The van der Waals surface area contributed by atoms with Gasteiger partial charge in [0.15, 0.2) is 0 Å². The maximum atomic E-state index is 3.30. The van der Waals surface area contributed by atoms with Crippen LogP contribution in [-0.2, 0) is 0 Å². The monoisotopic (exact) mass is 227 g/mol. The van der Waals surface area contributed by atoms with E-state index < -0.39 is 0 Å². The zero-order valence-corrected chi connectivity index (χ0v) is 11.3. The molecule has 1 rings (SSSR count). The van der Waals surface area contributed by atoms with Crippen LogP contribution in [0.5, 0.6) is 0 Å². The summed E-state index contributed by atoms with van der Waals surface area (Å²) >= 11 is 0. The van der Waals surface area contributed by atoms with E-state index in [1.807, 2.05) is 0 Å². The van der Waals surface area contributed by atoms with E-state index in [1.165, 1.54) is 58.5 Å². The molecule has 0 amide bonds. The van der Waals surface area contributed by atoms with Gasteiger partial charge in [-0.3, -0.25) is 0 Å². The van der Waals surface area contributed by atoms with Gasteiger partial charge in [0.25, 0.3) is 0 Å². The Morgan fingerprint density at radius 3 is 2.25 bits per heavy atom. The number of piperazine rings is 1. The fourth-order valence-corrected chi connectivity index (χ4v) is 2.26. The topological polar surface area (TPSA) is 18.5 Å². The van der Waals surface area contributed by atoms with Crippen LogP contribution in [0.15, 0.2) is 0 Å². The van der Waals surface area contributed by atoms with Gasteiger partial charge in [-0.15, -0.1) is 0 Å². The van der Waals surface area contributed by atoms with Crippen molar-refractivity contribution in [3.05, 3.63) is 0 Å². The summed E-state index contributed by atoms with van der Waals surface area (Å²) in [4.78, 5) is 5.16. The molecular formula is C13H29N3. The summed E-state index contributed by atoms with van der Waals surface area (Å²) in [6.45, 7) is 12.1. The lowest BCUT2D eigenvalue weighted by Crippen LogP contribution is -2.46. The SMILES string of the molecule is CCN1CCN(CCCCC(C)NC)CC1. The number of nitrogens with zero attached hydrogens (tertiary/aromatic N) is 2. The molecule has 1 aliphatic heterocycles. The summed E-state index contributed by atoms with van der Waals surface area (Å²) in [5.74, 6) is 0. The van der Waals surface area contributed by atoms with Crippen molar-refractivity contribution in [3.63, 3.8) is 0 Å². The molecule has 1 unspecified atom stereocenters. The van der Waals surface area contributed by atoms with Crippen molar-refractivity contribution >= 4 is 0 Å². The number of unbranched alkanes of at least 4 members (excludes halogenated alkanes) is 1. The first-order valence-corrected chi connectivity index (χ1v) is 6.88. The zero-order valence-electron chi connectivity index (χ0n) is 11.3. The van der Waals surface area contributed by atoms with E-state index in [9.17, 15) is 0 Å². The molecule has 0 radical (unpaired) electrons. The summed E-state index contributed by atoms with van der Waals surface area (Å²) in [7, 11) is 2.05. The molecule has 0 spiro atoms. The summed E-state index contributed by atoms with van der Waals surface area (Å²) < 4.78 is 0. The smallest absolute Gasteiger partial charge is 0.0110 e. The van der Waals surface area contributed by atoms with Gasteiger partial charge >= 0.3 is 0 Å². The normalized spacial score (nSPS) is 21.2. The third-order valence-electron chi connectivity index (χ3n) is 3.77. The van der Waals surface area contributed by atoms with Crippen molar-refractivity contribution in [3.8, 4) is 0 Å². The lowest BCUT2D eigenvalue weighted by molar-refractivity contribution is 0.135. The number of nitrogens with one attached hydrogen (secondary N) is 1. The second-order valence-corrected chi connectivity index (χ2v) is 4.96. The minimum absolute atomic E-state index is 0.678. The van der Waals surface area contributed by atoms with E-state index in [1.54, 1.807) is 0 Å². The Bertz CT molecular complexity index is 165. The van der Waals surface area contributed by atoms with Crippen molar-refractivity contribution in [1.29, 1.82) is 0 Å². The lowest BCUT2D eigenvalue weighted by Gasteiger charge is -2.34. The van der Waals surface area contributed by atoms with Crippen LogP contribution in [0.2, 0.25) is 0 Å². The van der Waals surface area contributed by atoms with E-state index >= 15 is 0 Å². The average Bonchev–Trinajstić information content (AvgIpc) is 2.35. The van der Waals surface area contributed by atoms with Crippen LogP contribution in [0.4, 0.5) is 0 Å². The first kappa shape index (κ1) is 13.9. The molecule has 96 valence electrons. The van der Waals surface area contributed by atoms with E-state index in [0.29, 0.717) is 6.04 Å². The largest absolute Gasteiger partial charge is 0.317 e. The summed E-state index contributed by atoms with van der Waals surface area (Å²) in [6, 6.07) is 0.678. The highest BCUT2D eigenvalue weighted by Crippen LogP contribution is 2.05. The Morgan fingerprint density at radius 1 is 1.06 bits per heavy atom. The molecule has 0 bridgehead atoms. The molecule has 3 heteroatoms. The molecule has 1 aliphatic rings. The van der Waals surface area contributed by atoms with Crippen molar-refractivity contribution < 1.29 is 0 Å². The molecule has 0 saturated carbocycles. The van der Waals surface area contributed by atoms with Crippen LogP contribution in [0.3, 0.4) is 0 Å². The Morgan fingerprint density at radius 2 is 1.69 bits per heavy atom. The molecule has 1 saturated heterocycles. The van der Waals surface area contributed by atoms with Crippen molar-refractivity contribution in [2.45, 2.75) is 39.2 Å². The number of hydrogen-bond donors (Lipinski definition) is 1. The predicted octanol–water partition coefficient (Wildman–Crippen LogP) is 1.40. The molecule has 1 heterocycles. The minimum Gasteiger partial charge on any atom is -0.317 e. The Labute approximate surface area is 101 Å². The number of likely N-dealkylation sites (N-methyl/N-ethyl adjacent to an activating group) is 1. The standard InChI is InChI=1S/C13H29N3/c1-4-15-9-11-16(12-10-15)8-6-5-7-13(2)14-3/h13-14H,4-12H2,1-3H3. The Hall–Kier alpha value is -0.120. The van der Waals surface area contributed by atoms with Gasteiger partial charge in [-0.2, -0.15) is 0 Å². The van der Waals surface area contributed by atoms with Crippen LogP contribution in [-0.4, -0.2) is 62.2 Å². The van der Waals surface area contributed by atoms with Gasteiger partial charge in [0.05, 0.1) is 0 Å². The van der Waals surface area contributed by atoms with Gasteiger partial charge in [-0.25, -0.2) is 0 Å². The zero-order chi connectivity index (χ0) is 11.8. The van der Waals surface area contributed by atoms with E-state index in [-0.39, 0.29) is 0 Å². The van der Waals surface area contributed by atoms with Gasteiger partial charge in [0, 0.05) is 32.2 Å². The van der Waals surface area contributed by atoms with E-state index in [0.717, 1.165) is 0 Å². The van der Waals surface area contributed by atoms with E-state index in [4.69, 9.17) is 0 Å². The second-order valence-electron chi connectivity index (χ2n) is 4.96. The lowest BCUT2D eigenvalue weighted by atomic mass is 10.1. The molecule has 0 aliphatic carbocycles. The molecule has 1 N–H and O–H groups in total. The van der Waals surface area contributed by atoms with Gasteiger partial charge in [-0.05, 0) is 39.9 Å². The quantitative estimate of drug-likeness (QED) is 0.663. The fourth-order valence-electron chi connectivity index (χ4n) is 2.26. The maximum absolute atomic E-state index is 3.30. The van der Waals surface area contributed by atoms with Crippen LogP contribution in [0, 0.1) is 0 Å². The molecule has 0 aromatic heterocycles. The third-order valence-corrected chi connectivity index (χ3v) is 3.77. The molecule has 1 fully saturated rings. The number of rotatable bonds is 7. The predicted molar refractivity (Wildman–Crippen MR) is 70.9 cm³/mol. The molecule has 16 heavy (non-hydrogen) atoms. The maximum Gasteiger partial charge on any atom is 0.0110 e. The highest BCUT2D eigenvalue weighted by Gasteiger charge is 2.14. The number of hydrogen-bond acceptors (Lipinski definition) is 3. The first-order chi connectivity index (χ1) is 7.76. The molecule has 0 aromatic carbocycles. The van der Waals surface area contributed by atoms with Gasteiger partial charge in [0.1, 0.15) is 0 Å². The summed E-state index contributed by atoms with van der Waals surface area (Å²) in [5, 5.41) is 3.30. The fraction of sp³-hybridized carbons (Fsp3) is 1.00. The van der Waals surface area contributed by atoms with Crippen molar-refractivity contribution in [2.75, 3.05) is 46.3 Å². The van der Waals surface area contributed by atoms with Crippen LogP contribution >= 0.6 is 0 Å². The molecule has 1 atom stereocenters.